The Morgan fingerprint density at radius 3 is 0.889 bits per heavy atom. The fourth-order valence-corrected chi connectivity index (χ4v) is 12.1. The third kappa shape index (κ3) is 5.89. The molecule has 0 unspecified atom stereocenters. The van der Waals surface area contributed by atoms with Gasteiger partial charge in [-0.15, -0.1) is 49.2 Å². The highest BCUT2D eigenvalue weighted by atomic mass is 14.3. The molecule has 0 spiro atoms. The van der Waals surface area contributed by atoms with Crippen molar-refractivity contribution in [1.29, 1.82) is 0 Å². The smallest absolute Gasteiger partial charge is 0.102 e. The third-order valence-corrected chi connectivity index (χ3v) is 17.4. The Bertz CT molecular complexity index is 3510. The first kappa shape index (κ1) is 43.8. The fourth-order valence-electron chi connectivity index (χ4n) is 12.1. The van der Waals surface area contributed by atoms with Crippen LogP contribution in [-0.2, 0) is 0 Å². The summed E-state index contributed by atoms with van der Waals surface area (Å²) in [7, 11) is 45.2. The van der Waals surface area contributed by atoms with Gasteiger partial charge in [0.15, 0.2) is 0 Å². The molecule has 0 amide bonds. The lowest BCUT2D eigenvalue weighted by atomic mass is 9.55. The lowest BCUT2D eigenvalue weighted by Gasteiger charge is -2.32. The van der Waals surface area contributed by atoms with Crippen LogP contribution < -0.4 is 104 Å². The quantitative estimate of drug-likeness (QED) is 0.0952. The molecule has 0 aliphatic carbocycles. The predicted octanol–water partition coefficient (Wildman–Crippen LogP) is -20.6. The molecule has 0 saturated heterocycles. The summed E-state index contributed by atoms with van der Waals surface area (Å²) < 4.78 is 0. The standard InChI is InChI=1S/C44H47B19/c45-26-21(22-23(33(52)41(60)40(59)32(22)51)24(27(26)46)25-34(53)42(61)44(63)43(62)35(25)54)16-19-17(28(47)36(55)38(57)30(19)49)15(18-20(16)31(50)39(58)37(56)29(18)48)14-9-10-5-1-2-6-11(10)12-7-3-4-8-13(12)14/h1-9H,45-63H2. The second-order valence-electron chi connectivity index (χ2n) is 19.7. The predicted molar refractivity (Wildman–Crippen MR) is 346 cm³/mol. The van der Waals surface area contributed by atoms with Gasteiger partial charge in [-0.25, -0.2) is 0 Å². The molecule has 0 N–H and O–H groups in total. The molecule has 0 radical (unpaired) electrons. The van der Waals surface area contributed by atoms with Gasteiger partial charge in [0.1, 0.15) is 149 Å². The molecular formula is C44H47B19. The van der Waals surface area contributed by atoms with E-state index in [2.05, 4.69) is 204 Å². The van der Waals surface area contributed by atoms with E-state index in [0.29, 0.717) is 0 Å². The van der Waals surface area contributed by atoms with Crippen molar-refractivity contribution in [2.45, 2.75) is 0 Å². The van der Waals surface area contributed by atoms with Gasteiger partial charge < -0.3 is 0 Å². The zero-order valence-electron chi connectivity index (χ0n) is 41.7. The van der Waals surface area contributed by atoms with Crippen molar-refractivity contribution in [3.8, 4) is 33.4 Å². The molecule has 0 atom stereocenters. The molecule has 280 valence electrons. The van der Waals surface area contributed by atoms with Gasteiger partial charge in [-0.3, -0.25) is 0 Å². The number of hydrogen-bond donors (Lipinski definition) is 0. The monoisotopic (exact) mass is 785 g/mol. The summed E-state index contributed by atoms with van der Waals surface area (Å²) in [4.78, 5) is 0. The first-order valence-electron chi connectivity index (χ1n) is 23.2. The third-order valence-electron chi connectivity index (χ3n) is 17.4. The van der Waals surface area contributed by atoms with Crippen molar-refractivity contribution in [1.82, 2.24) is 0 Å². The van der Waals surface area contributed by atoms with E-state index in [9.17, 15) is 0 Å². The Labute approximate surface area is 392 Å². The highest BCUT2D eigenvalue weighted by Gasteiger charge is 2.30. The maximum absolute atomic E-state index is 2.51. The maximum Gasteiger partial charge on any atom is 0.139 e. The fraction of sp³-hybridized carbons (Fsp3) is 0. The molecule has 9 rings (SSSR count). The van der Waals surface area contributed by atoms with Gasteiger partial charge in [0.2, 0.25) is 0 Å². The van der Waals surface area contributed by atoms with Crippen LogP contribution in [0.4, 0.5) is 0 Å². The zero-order chi connectivity index (χ0) is 45.6. The molecular weight excluding hydrogens is 734 g/mol. The van der Waals surface area contributed by atoms with Crippen molar-refractivity contribution >= 4 is 307 Å². The minimum absolute atomic E-state index is 1.28. The van der Waals surface area contributed by atoms with Gasteiger partial charge in [0, 0.05) is 0 Å². The van der Waals surface area contributed by atoms with E-state index in [0.717, 1.165) is 0 Å². The number of benzene rings is 9. The van der Waals surface area contributed by atoms with Crippen molar-refractivity contribution in [2.75, 3.05) is 0 Å². The molecule has 0 aromatic heterocycles. The van der Waals surface area contributed by atoms with Crippen LogP contribution in [0.25, 0.3) is 87.2 Å². The van der Waals surface area contributed by atoms with Gasteiger partial charge in [-0.2, -0.15) is 0 Å². The summed E-state index contributed by atoms with van der Waals surface area (Å²) >= 11 is 0. The molecule has 9 aromatic rings. The van der Waals surface area contributed by atoms with E-state index in [-0.39, 0.29) is 0 Å². The SMILES string of the molecule is Bc1c(B)c(B)c(-c2c(B)c(B)c(-c3c4c(B)c(B)c(B)c(B)c4c(-c4cc5ccccc5c5ccccc45)c4c(B)c(B)c(B)c(B)c34)c3c(B)c(B)c(B)c(B)c23)c(B)c1B. The summed E-state index contributed by atoms with van der Waals surface area (Å²) in [6.07, 6.45) is 0. The van der Waals surface area contributed by atoms with Crippen LogP contribution in [0, 0.1) is 0 Å². The lowest BCUT2D eigenvalue weighted by molar-refractivity contribution is 1.75. The second kappa shape index (κ2) is 15.3. The molecule has 0 bridgehead atoms. The van der Waals surface area contributed by atoms with E-state index < -0.39 is 0 Å². The number of rotatable bonds is 3. The van der Waals surface area contributed by atoms with E-state index in [4.69, 9.17) is 0 Å². The molecule has 19 heteroatoms. The van der Waals surface area contributed by atoms with E-state index in [1.54, 1.807) is 0 Å². The van der Waals surface area contributed by atoms with Crippen molar-refractivity contribution in [3.63, 3.8) is 0 Å². The van der Waals surface area contributed by atoms with Crippen LogP contribution in [0.5, 0.6) is 0 Å². The zero-order valence-corrected chi connectivity index (χ0v) is 41.7. The van der Waals surface area contributed by atoms with Crippen LogP contribution in [0.2, 0.25) is 0 Å². The van der Waals surface area contributed by atoms with Crippen LogP contribution in [0.1, 0.15) is 0 Å². The molecule has 0 saturated carbocycles. The molecule has 0 aliphatic rings. The van der Waals surface area contributed by atoms with Gasteiger partial charge in [-0.1, -0.05) is 103 Å². The highest BCUT2D eigenvalue weighted by Crippen LogP contribution is 2.45. The van der Waals surface area contributed by atoms with Crippen molar-refractivity contribution in [2.24, 2.45) is 0 Å². The van der Waals surface area contributed by atoms with Gasteiger partial charge in [-0.05, 0) is 93.3 Å². The first-order chi connectivity index (χ1) is 29.8. The average molecular weight is 781 g/mol. The summed E-state index contributed by atoms with van der Waals surface area (Å²) in [5.41, 5.74) is 34.8. The Morgan fingerprint density at radius 1 is 0.206 bits per heavy atom. The Hall–Kier alpha value is -4.49. The lowest BCUT2D eigenvalue weighted by Crippen LogP contribution is -2.56. The topological polar surface area (TPSA) is 0 Å². The van der Waals surface area contributed by atoms with Crippen molar-refractivity contribution < 1.29 is 0 Å². The molecule has 0 aliphatic heterocycles. The number of hydrogen-bond acceptors (Lipinski definition) is 0. The normalized spacial score (nSPS) is 11.7. The second-order valence-corrected chi connectivity index (χ2v) is 19.7. The van der Waals surface area contributed by atoms with Gasteiger partial charge in [0.25, 0.3) is 0 Å². The van der Waals surface area contributed by atoms with Crippen LogP contribution in [-0.4, -0.2) is 149 Å². The molecule has 0 nitrogen and oxygen atoms in total. The first-order valence-corrected chi connectivity index (χ1v) is 23.2. The highest BCUT2D eigenvalue weighted by molar-refractivity contribution is 6.75. The molecule has 0 heterocycles. The summed E-state index contributed by atoms with van der Waals surface area (Å²) in [5, 5.41) is 13.7. The average Bonchev–Trinajstić information content (AvgIpc) is 3.28. The van der Waals surface area contributed by atoms with E-state index in [1.807, 2.05) is 0 Å². The largest absolute Gasteiger partial charge is 0.139 e. The number of fused-ring (bicyclic) bond motifs is 6. The van der Waals surface area contributed by atoms with Crippen LogP contribution >= 0.6 is 0 Å². The minimum Gasteiger partial charge on any atom is -0.102 e. The van der Waals surface area contributed by atoms with Crippen LogP contribution in [0.15, 0.2) is 54.6 Å². The molecule has 9 aromatic carbocycles. The van der Waals surface area contributed by atoms with Gasteiger partial charge >= 0.3 is 0 Å². The maximum atomic E-state index is 2.51. The van der Waals surface area contributed by atoms with Crippen LogP contribution in [0.3, 0.4) is 0 Å². The Balaban J connectivity index is 1.66. The summed E-state index contributed by atoms with van der Waals surface area (Å²) in [6, 6.07) is 20.6. The minimum atomic E-state index is 1.28. The van der Waals surface area contributed by atoms with E-state index in [1.165, 1.54) is 191 Å². The summed E-state index contributed by atoms with van der Waals surface area (Å²) in [6.45, 7) is 0. The summed E-state index contributed by atoms with van der Waals surface area (Å²) in [5.74, 6) is 0. The van der Waals surface area contributed by atoms with E-state index >= 15 is 0 Å². The molecule has 0 fully saturated rings. The van der Waals surface area contributed by atoms with Crippen molar-refractivity contribution in [3.05, 3.63) is 54.6 Å². The molecule has 63 heavy (non-hydrogen) atoms. The Kier molecular flexibility index (Phi) is 10.6. The Morgan fingerprint density at radius 2 is 0.476 bits per heavy atom. The van der Waals surface area contributed by atoms with Gasteiger partial charge in [0.05, 0.1) is 0 Å².